The summed E-state index contributed by atoms with van der Waals surface area (Å²) in [4.78, 5) is 6.68. The summed E-state index contributed by atoms with van der Waals surface area (Å²) >= 11 is 0. The van der Waals surface area contributed by atoms with E-state index in [1.165, 1.54) is 11.3 Å². The second kappa shape index (κ2) is 7.27. The third-order valence-corrected chi connectivity index (χ3v) is 3.81. The highest BCUT2D eigenvalue weighted by Crippen LogP contribution is 2.26. The lowest BCUT2D eigenvalue weighted by Crippen LogP contribution is -2.24. The van der Waals surface area contributed by atoms with Crippen LogP contribution in [0.3, 0.4) is 0 Å². The molecule has 1 atom stereocenters. The van der Waals surface area contributed by atoms with Gasteiger partial charge >= 0.3 is 0 Å². The molecule has 2 rings (SSSR count). The van der Waals surface area contributed by atoms with E-state index < -0.39 is 0 Å². The molecule has 21 heavy (non-hydrogen) atoms. The Balaban J connectivity index is 2.17. The Morgan fingerprint density at radius 1 is 1.33 bits per heavy atom. The van der Waals surface area contributed by atoms with Crippen LogP contribution in [0.1, 0.15) is 37.7 Å². The van der Waals surface area contributed by atoms with Crippen molar-refractivity contribution >= 4 is 5.69 Å². The van der Waals surface area contributed by atoms with Crippen LogP contribution in [-0.4, -0.2) is 23.1 Å². The summed E-state index contributed by atoms with van der Waals surface area (Å²) in [7, 11) is 4.16. The minimum atomic E-state index is 0.352. The Morgan fingerprint density at radius 2 is 2.10 bits per heavy atom. The van der Waals surface area contributed by atoms with E-state index in [2.05, 4.69) is 64.9 Å². The molecule has 0 radical (unpaired) electrons. The van der Waals surface area contributed by atoms with Crippen LogP contribution in [0.15, 0.2) is 36.7 Å². The summed E-state index contributed by atoms with van der Waals surface area (Å²) in [6, 6.07) is 8.95. The molecular weight excluding hydrogens is 260 g/mol. The zero-order valence-electron chi connectivity index (χ0n) is 13.5. The summed E-state index contributed by atoms with van der Waals surface area (Å²) in [5.74, 6) is 1.07. The van der Waals surface area contributed by atoms with E-state index in [9.17, 15) is 0 Å². The normalized spacial score (nSPS) is 12.4. The first-order valence-electron chi connectivity index (χ1n) is 7.63. The van der Waals surface area contributed by atoms with Crippen molar-refractivity contribution in [2.45, 2.75) is 32.9 Å². The molecule has 1 N–H and O–H groups in total. The smallest absolute Gasteiger partial charge is 0.127 e. The van der Waals surface area contributed by atoms with Gasteiger partial charge in [0, 0.05) is 38.2 Å². The van der Waals surface area contributed by atoms with E-state index in [1.807, 2.05) is 19.4 Å². The van der Waals surface area contributed by atoms with Gasteiger partial charge < -0.3 is 14.8 Å². The highest BCUT2D eigenvalue weighted by atomic mass is 15.2. The minimum absolute atomic E-state index is 0.352. The van der Waals surface area contributed by atoms with Crippen molar-refractivity contribution < 1.29 is 0 Å². The van der Waals surface area contributed by atoms with Crippen molar-refractivity contribution in [1.29, 1.82) is 0 Å². The first-order valence-corrected chi connectivity index (χ1v) is 7.63. The number of nitrogens with one attached hydrogen (secondary N) is 1. The fourth-order valence-corrected chi connectivity index (χ4v) is 2.52. The molecule has 0 aliphatic carbocycles. The number of aromatic nitrogens is 2. The number of anilines is 1. The zero-order valence-corrected chi connectivity index (χ0v) is 13.5. The highest BCUT2D eigenvalue weighted by molar-refractivity contribution is 5.54. The number of aryl methyl sites for hydroxylation is 1. The fraction of sp³-hybridized carbons (Fsp3) is 0.471. The van der Waals surface area contributed by atoms with Crippen LogP contribution in [0.4, 0.5) is 5.69 Å². The molecule has 1 unspecified atom stereocenters. The molecule has 1 heterocycles. The van der Waals surface area contributed by atoms with Crippen LogP contribution in [0, 0.1) is 0 Å². The maximum Gasteiger partial charge on any atom is 0.127 e. The molecule has 0 spiro atoms. The average molecular weight is 286 g/mol. The molecule has 0 bridgehead atoms. The summed E-state index contributed by atoms with van der Waals surface area (Å²) in [6.07, 6.45) is 4.98. The highest BCUT2D eigenvalue weighted by Gasteiger charge is 2.13. The molecular formula is C17H26N4. The van der Waals surface area contributed by atoms with Crippen molar-refractivity contribution in [1.82, 2.24) is 14.9 Å². The van der Waals surface area contributed by atoms with Gasteiger partial charge in [0.15, 0.2) is 0 Å². The lowest BCUT2D eigenvalue weighted by Gasteiger charge is -2.25. The maximum absolute atomic E-state index is 4.41. The van der Waals surface area contributed by atoms with Gasteiger partial charge in [0.25, 0.3) is 0 Å². The van der Waals surface area contributed by atoms with Gasteiger partial charge in [-0.05, 0) is 31.5 Å². The van der Waals surface area contributed by atoms with Crippen LogP contribution in [-0.2, 0) is 13.6 Å². The molecule has 4 heteroatoms. The van der Waals surface area contributed by atoms with Gasteiger partial charge in [0.1, 0.15) is 5.82 Å². The van der Waals surface area contributed by atoms with Crippen molar-refractivity contribution in [2.24, 2.45) is 7.05 Å². The van der Waals surface area contributed by atoms with Crippen molar-refractivity contribution in [2.75, 3.05) is 18.5 Å². The van der Waals surface area contributed by atoms with Gasteiger partial charge in [-0.2, -0.15) is 0 Å². The van der Waals surface area contributed by atoms with E-state index >= 15 is 0 Å². The molecule has 0 aliphatic rings. The quantitative estimate of drug-likeness (QED) is 0.849. The van der Waals surface area contributed by atoms with Crippen molar-refractivity contribution in [3.63, 3.8) is 0 Å². The van der Waals surface area contributed by atoms with E-state index in [1.54, 1.807) is 0 Å². The lowest BCUT2D eigenvalue weighted by atomic mass is 10.1. The van der Waals surface area contributed by atoms with Gasteiger partial charge in [-0.3, -0.25) is 0 Å². The standard InChI is InChI=1S/C17H26N4/c1-5-10-18-14(2)15-8-6-7-9-16(15)21(4)13-17-19-11-12-20(17)3/h6-9,11-12,14,18H,5,10,13H2,1-4H3. The molecule has 0 saturated carbocycles. The van der Waals surface area contributed by atoms with Crippen molar-refractivity contribution in [3.05, 3.63) is 48.0 Å². The molecule has 1 aromatic carbocycles. The van der Waals surface area contributed by atoms with Crippen LogP contribution < -0.4 is 10.2 Å². The molecule has 114 valence electrons. The van der Waals surface area contributed by atoms with Crippen LogP contribution >= 0.6 is 0 Å². The lowest BCUT2D eigenvalue weighted by molar-refractivity contribution is 0.569. The summed E-state index contributed by atoms with van der Waals surface area (Å²) < 4.78 is 2.07. The summed E-state index contributed by atoms with van der Waals surface area (Å²) in [6.45, 7) is 6.27. The number of imidazole rings is 1. The first-order chi connectivity index (χ1) is 10.1. The van der Waals surface area contributed by atoms with E-state index in [4.69, 9.17) is 0 Å². The molecule has 0 fully saturated rings. The van der Waals surface area contributed by atoms with E-state index in [0.717, 1.165) is 25.3 Å². The number of hydrogen-bond donors (Lipinski definition) is 1. The Labute approximate surface area is 127 Å². The van der Waals surface area contributed by atoms with E-state index in [0.29, 0.717) is 6.04 Å². The van der Waals surface area contributed by atoms with Gasteiger partial charge in [-0.1, -0.05) is 25.1 Å². The second-order valence-electron chi connectivity index (χ2n) is 5.55. The van der Waals surface area contributed by atoms with E-state index in [-0.39, 0.29) is 0 Å². The third kappa shape index (κ3) is 3.85. The largest absolute Gasteiger partial charge is 0.367 e. The number of rotatable bonds is 7. The molecule has 0 amide bonds. The molecule has 2 aromatic rings. The SMILES string of the molecule is CCCNC(C)c1ccccc1N(C)Cc1nccn1C. The molecule has 4 nitrogen and oxygen atoms in total. The van der Waals surface area contributed by atoms with Gasteiger partial charge in [-0.15, -0.1) is 0 Å². The Hall–Kier alpha value is -1.81. The van der Waals surface area contributed by atoms with Crippen LogP contribution in [0.25, 0.3) is 0 Å². The minimum Gasteiger partial charge on any atom is -0.367 e. The maximum atomic E-state index is 4.41. The summed E-state index contributed by atoms with van der Waals surface area (Å²) in [5, 5.41) is 3.57. The van der Waals surface area contributed by atoms with Crippen LogP contribution in [0.5, 0.6) is 0 Å². The van der Waals surface area contributed by atoms with Crippen LogP contribution in [0.2, 0.25) is 0 Å². The third-order valence-electron chi connectivity index (χ3n) is 3.81. The van der Waals surface area contributed by atoms with Gasteiger partial charge in [-0.25, -0.2) is 4.98 Å². The van der Waals surface area contributed by atoms with Crippen molar-refractivity contribution in [3.8, 4) is 0 Å². The number of hydrogen-bond acceptors (Lipinski definition) is 3. The molecule has 0 saturated heterocycles. The number of benzene rings is 1. The Morgan fingerprint density at radius 3 is 2.76 bits per heavy atom. The Kier molecular flexibility index (Phi) is 5.39. The average Bonchev–Trinajstić information content (AvgIpc) is 2.90. The molecule has 1 aromatic heterocycles. The monoisotopic (exact) mass is 286 g/mol. The second-order valence-corrected chi connectivity index (χ2v) is 5.55. The predicted molar refractivity (Wildman–Crippen MR) is 88.5 cm³/mol. The Bertz CT molecular complexity index is 561. The van der Waals surface area contributed by atoms with Gasteiger partial charge in [0.2, 0.25) is 0 Å². The summed E-state index contributed by atoms with van der Waals surface area (Å²) in [5.41, 5.74) is 2.60. The number of nitrogens with zero attached hydrogens (tertiary/aromatic N) is 3. The first kappa shape index (κ1) is 15.6. The fourth-order valence-electron chi connectivity index (χ4n) is 2.52. The van der Waals surface area contributed by atoms with Gasteiger partial charge in [0.05, 0.1) is 6.54 Å². The molecule has 0 aliphatic heterocycles. The number of para-hydroxylation sites is 1. The zero-order chi connectivity index (χ0) is 15.2. The topological polar surface area (TPSA) is 33.1 Å². The predicted octanol–water partition coefficient (Wildman–Crippen LogP) is 3.12.